The molecule has 0 bridgehead atoms. The van der Waals surface area contributed by atoms with E-state index < -0.39 is 11.7 Å². The van der Waals surface area contributed by atoms with Crippen molar-refractivity contribution in [3.05, 3.63) is 66.4 Å². The van der Waals surface area contributed by atoms with Gasteiger partial charge >= 0.3 is 6.18 Å². The minimum Gasteiger partial charge on any atom is -0.334 e. The normalized spacial score (nSPS) is 15.2. The van der Waals surface area contributed by atoms with Crippen molar-refractivity contribution in [1.29, 1.82) is 0 Å². The molecule has 4 aromatic rings. The van der Waals surface area contributed by atoms with E-state index in [0.717, 1.165) is 49.1 Å². The first kappa shape index (κ1) is 20.5. The minimum absolute atomic E-state index is 0.0375. The highest BCUT2D eigenvalue weighted by Crippen LogP contribution is 2.38. The summed E-state index contributed by atoms with van der Waals surface area (Å²) < 4.78 is 46.7. The Morgan fingerprint density at radius 3 is 2.41 bits per heavy atom. The van der Waals surface area contributed by atoms with E-state index in [9.17, 15) is 13.2 Å². The van der Waals surface area contributed by atoms with Crippen molar-refractivity contribution in [2.45, 2.75) is 44.3 Å². The molecule has 2 aromatic carbocycles. The molecule has 2 aromatic heterocycles. The third-order valence-electron chi connectivity index (χ3n) is 5.87. The lowest BCUT2D eigenvalue weighted by atomic mass is 9.95. The van der Waals surface area contributed by atoms with Gasteiger partial charge in [-0.3, -0.25) is 4.68 Å². The molecule has 0 N–H and O–H groups in total. The summed E-state index contributed by atoms with van der Waals surface area (Å²) in [6.07, 6.45) is 2.95. The van der Waals surface area contributed by atoms with Crippen molar-refractivity contribution >= 4 is 0 Å². The van der Waals surface area contributed by atoms with Crippen LogP contribution in [0.1, 0.15) is 43.7 Å². The van der Waals surface area contributed by atoms with Crippen LogP contribution in [0.2, 0.25) is 0 Å². The summed E-state index contributed by atoms with van der Waals surface area (Å²) in [5.74, 6) is 0.342. The van der Waals surface area contributed by atoms with E-state index in [1.165, 1.54) is 18.6 Å². The van der Waals surface area contributed by atoms with Crippen molar-refractivity contribution in [2.24, 2.45) is 0 Å². The Morgan fingerprint density at radius 2 is 1.66 bits per heavy atom. The predicted molar refractivity (Wildman–Crippen MR) is 114 cm³/mol. The highest BCUT2D eigenvalue weighted by atomic mass is 19.4. The van der Waals surface area contributed by atoms with Crippen LogP contribution >= 0.6 is 0 Å². The third kappa shape index (κ3) is 3.92. The van der Waals surface area contributed by atoms with Crippen molar-refractivity contribution in [1.82, 2.24) is 19.9 Å². The molecule has 5 nitrogen and oxygen atoms in total. The monoisotopic (exact) mass is 438 g/mol. The lowest BCUT2D eigenvalue weighted by molar-refractivity contribution is -0.137. The Kier molecular flexibility index (Phi) is 5.28. The van der Waals surface area contributed by atoms with Gasteiger partial charge in [-0.15, -0.1) is 0 Å². The number of rotatable bonds is 4. The molecule has 1 aliphatic rings. The fourth-order valence-electron chi connectivity index (χ4n) is 4.29. The van der Waals surface area contributed by atoms with E-state index in [4.69, 9.17) is 4.52 Å². The van der Waals surface area contributed by atoms with Gasteiger partial charge in [0.25, 0.3) is 5.89 Å². The van der Waals surface area contributed by atoms with Crippen LogP contribution in [-0.4, -0.2) is 19.9 Å². The predicted octanol–water partition coefficient (Wildman–Crippen LogP) is 6.79. The number of alkyl halides is 3. The van der Waals surface area contributed by atoms with Gasteiger partial charge in [0.15, 0.2) is 0 Å². The zero-order valence-electron chi connectivity index (χ0n) is 17.2. The molecule has 164 valence electrons. The molecule has 2 heterocycles. The summed E-state index contributed by atoms with van der Waals surface area (Å²) in [6, 6.07) is 15.1. The van der Waals surface area contributed by atoms with E-state index >= 15 is 0 Å². The Balaban J connectivity index is 1.56. The van der Waals surface area contributed by atoms with Crippen LogP contribution in [0.15, 0.2) is 65.3 Å². The maximum atomic E-state index is 13.1. The molecule has 0 aliphatic heterocycles. The summed E-state index contributed by atoms with van der Waals surface area (Å²) in [5.41, 5.74) is 2.04. The van der Waals surface area contributed by atoms with Gasteiger partial charge < -0.3 is 4.52 Å². The fourth-order valence-corrected chi connectivity index (χ4v) is 4.29. The Bertz CT molecular complexity index is 1210. The van der Waals surface area contributed by atoms with Gasteiger partial charge in [-0.1, -0.05) is 60.8 Å². The summed E-state index contributed by atoms with van der Waals surface area (Å²) in [7, 11) is 0. The number of benzene rings is 2. The molecule has 5 rings (SSSR count). The molecule has 0 radical (unpaired) electrons. The van der Waals surface area contributed by atoms with Gasteiger partial charge in [0.2, 0.25) is 5.82 Å². The quantitative estimate of drug-likeness (QED) is 0.352. The molecule has 32 heavy (non-hydrogen) atoms. The summed E-state index contributed by atoms with van der Waals surface area (Å²) in [4.78, 5) is 4.42. The van der Waals surface area contributed by atoms with Gasteiger partial charge in [-0.25, -0.2) is 0 Å². The van der Waals surface area contributed by atoms with Gasteiger partial charge in [0, 0.05) is 11.1 Å². The fraction of sp³-hybridized carbons (Fsp3) is 0.292. The smallest absolute Gasteiger partial charge is 0.334 e. The van der Waals surface area contributed by atoms with Gasteiger partial charge in [-0.05, 0) is 31.0 Å². The van der Waals surface area contributed by atoms with Crippen LogP contribution in [0.4, 0.5) is 13.2 Å². The number of hydrogen-bond donors (Lipinski definition) is 0. The number of halogens is 3. The molecule has 0 amide bonds. The molecule has 0 saturated heterocycles. The Labute approximate surface area is 182 Å². The SMILES string of the molecule is FC(F)(F)c1cccc(-c2nc(-c3cnn(C4CCCCC4)c3-c3ccccc3)no2)c1. The zero-order valence-corrected chi connectivity index (χ0v) is 17.2. The standard InChI is InChI=1S/C24H21F3N4O/c25-24(26,27)18-11-7-10-17(14-18)23-29-22(30-32-23)20-15-28-31(19-12-5-2-6-13-19)21(20)16-8-3-1-4-9-16/h1,3-4,7-11,14-15,19H,2,5-6,12-13H2. The van der Waals surface area contributed by atoms with Crippen LogP contribution in [0.3, 0.4) is 0 Å². The number of nitrogens with zero attached hydrogens (tertiary/aromatic N) is 4. The summed E-state index contributed by atoms with van der Waals surface area (Å²) in [6.45, 7) is 0. The lowest BCUT2D eigenvalue weighted by Gasteiger charge is -2.24. The first-order valence-corrected chi connectivity index (χ1v) is 10.7. The topological polar surface area (TPSA) is 56.7 Å². The molecular formula is C24H21F3N4O. The zero-order chi connectivity index (χ0) is 22.1. The minimum atomic E-state index is -4.44. The maximum absolute atomic E-state index is 13.1. The molecule has 1 fully saturated rings. The van der Waals surface area contributed by atoms with Crippen LogP contribution < -0.4 is 0 Å². The van der Waals surface area contributed by atoms with E-state index in [2.05, 4.69) is 15.2 Å². The molecule has 0 spiro atoms. The van der Waals surface area contributed by atoms with Gasteiger partial charge in [0.1, 0.15) is 0 Å². The van der Waals surface area contributed by atoms with E-state index in [-0.39, 0.29) is 11.5 Å². The van der Waals surface area contributed by atoms with E-state index in [1.54, 1.807) is 6.20 Å². The Morgan fingerprint density at radius 1 is 0.906 bits per heavy atom. The van der Waals surface area contributed by atoms with E-state index in [0.29, 0.717) is 17.4 Å². The number of aromatic nitrogens is 4. The highest BCUT2D eigenvalue weighted by molar-refractivity contribution is 5.78. The third-order valence-corrected chi connectivity index (χ3v) is 5.87. The average molecular weight is 438 g/mol. The Hall–Kier alpha value is -3.42. The molecule has 0 unspecified atom stereocenters. The molecular weight excluding hydrogens is 417 g/mol. The van der Waals surface area contributed by atoms with Crippen LogP contribution in [0.5, 0.6) is 0 Å². The second-order valence-electron chi connectivity index (χ2n) is 8.01. The van der Waals surface area contributed by atoms with Crippen molar-refractivity contribution in [2.75, 3.05) is 0 Å². The summed E-state index contributed by atoms with van der Waals surface area (Å²) >= 11 is 0. The van der Waals surface area contributed by atoms with Crippen molar-refractivity contribution < 1.29 is 17.7 Å². The van der Waals surface area contributed by atoms with Crippen LogP contribution in [0, 0.1) is 0 Å². The van der Waals surface area contributed by atoms with Crippen LogP contribution in [0.25, 0.3) is 34.1 Å². The van der Waals surface area contributed by atoms with Crippen LogP contribution in [-0.2, 0) is 6.18 Å². The van der Waals surface area contributed by atoms with Crippen molar-refractivity contribution in [3.63, 3.8) is 0 Å². The van der Waals surface area contributed by atoms with Gasteiger partial charge in [-0.2, -0.15) is 23.3 Å². The molecule has 1 saturated carbocycles. The first-order chi connectivity index (χ1) is 15.5. The van der Waals surface area contributed by atoms with Gasteiger partial charge in [0.05, 0.1) is 29.1 Å². The van der Waals surface area contributed by atoms with E-state index in [1.807, 2.05) is 35.0 Å². The highest BCUT2D eigenvalue weighted by Gasteiger charge is 2.31. The molecule has 8 heteroatoms. The first-order valence-electron chi connectivity index (χ1n) is 10.7. The second-order valence-corrected chi connectivity index (χ2v) is 8.01. The molecule has 0 atom stereocenters. The molecule has 1 aliphatic carbocycles. The summed E-state index contributed by atoms with van der Waals surface area (Å²) in [5, 5.41) is 8.75. The van der Waals surface area contributed by atoms with Crippen molar-refractivity contribution in [3.8, 4) is 34.1 Å². The second kappa shape index (κ2) is 8.26. The number of hydrogen-bond acceptors (Lipinski definition) is 4. The largest absolute Gasteiger partial charge is 0.416 e. The maximum Gasteiger partial charge on any atom is 0.416 e. The average Bonchev–Trinajstić information content (AvgIpc) is 3.47. The lowest BCUT2D eigenvalue weighted by Crippen LogP contribution is -2.15.